The minimum absolute atomic E-state index is 0.436. The maximum Gasteiger partial charge on any atom is 0.182 e. The molecule has 0 spiro atoms. The van der Waals surface area contributed by atoms with E-state index in [2.05, 4.69) is 25.3 Å². The number of ether oxygens (including phenoxy) is 1. The van der Waals surface area contributed by atoms with Crippen molar-refractivity contribution in [3.05, 3.63) is 12.7 Å². The number of nitrogens with zero attached hydrogens (tertiary/aromatic N) is 3. The van der Waals surface area contributed by atoms with Gasteiger partial charge in [-0.05, 0) is 25.7 Å². The molecule has 2 aromatic rings. The zero-order chi connectivity index (χ0) is 12.7. The molecule has 2 N–H and O–H groups in total. The molecule has 4 rings (SSSR count). The van der Waals surface area contributed by atoms with E-state index in [1.807, 2.05) is 0 Å². The molecule has 1 saturated heterocycles. The first-order chi connectivity index (χ1) is 9.42. The number of aromatic amines is 1. The fourth-order valence-corrected chi connectivity index (χ4v) is 3.41. The second-order valence-electron chi connectivity index (χ2n) is 5.37. The van der Waals surface area contributed by atoms with Crippen molar-refractivity contribution >= 4 is 17.0 Å². The Morgan fingerprint density at radius 1 is 1.21 bits per heavy atom. The number of hydrogen-bond acceptors (Lipinski definition) is 5. The topological polar surface area (TPSA) is 75.7 Å². The maximum atomic E-state index is 5.80. The molecule has 1 saturated carbocycles. The predicted octanol–water partition coefficient (Wildman–Crippen LogP) is 1.72. The van der Waals surface area contributed by atoms with Crippen molar-refractivity contribution in [3.63, 3.8) is 0 Å². The van der Waals surface area contributed by atoms with Crippen LogP contribution in [0.2, 0.25) is 0 Å². The minimum Gasteiger partial charge on any atom is -0.378 e. The second kappa shape index (κ2) is 4.45. The van der Waals surface area contributed by atoms with Gasteiger partial charge in [0.2, 0.25) is 0 Å². The van der Waals surface area contributed by atoms with Crippen LogP contribution in [-0.4, -0.2) is 38.7 Å². The van der Waals surface area contributed by atoms with Gasteiger partial charge >= 0.3 is 0 Å². The van der Waals surface area contributed by atoms with E-state index < -0.39 is 0 Å². The molecule has 2 aromatic heterocycles. The summed E-state index contributed by atoms with van der Waals surface area (Å²) in [5.41, 5.74) is 1.61. The number of aromatic nitrogens is 4. The van der Waals surface area contributed by atoms with Gasteiger partial charge < -0.3 is 15.0 Å². The quantitative estimate of drug-likeness (QED) is 0.859. The Hall–Kier alpha value is -1.69. The van der Waals surface area contributed by atoms with Gasteiger partial charge in [-0.2, -0.15) is 0 Å². The summed E-state index contributed by atoms with van der Waals surface area (Å²) < 4.78 is 5.80. The largest absolute Gasteiger partial charge is 0.378 e. The number of imidazole rings is 1. The Balaban J connectivity index is 1.62. The Labute approximate surface area is 111 Å². The van der Waals surface area contributed by atoms with Crippen molar-refractivity contribution in [2.45, 2.75) is 37.8 Å². The van der Waals surface area contributed by atoms with Crippen LogP contribution in [0.5, 0.6) is 0 Å². The van der Waals surface area contributed by atoms with Gasteiger partial charge in [-0.3, -0.25) is 0 Å². The highest BCUT2D eigenvalue weighted by Gasteiger charge is 2.37. The number of H-pyrrole nitrogens is 1. The van der Waals surface area contributed by atoms with Gasteiger partial charge in [-0.1, -0.05) is 0 Å². The summed E-state index contributed by atoms with van der Waals surface area (Å²) in [6.07, 6.45) is 8.42. The van der Waals surface area contributed by atoms with E-state index in [-0.39, 0.29) is 0 Å². The summed E-state index contributed by atoms with van der Waals surface area (Å²) in [5.74, 6) is 1.47. The lowest BCUT2D eigenvalue weighted by molar-refractivity contribution is 0.0620. The van der Waals surface area contributed by atoms with Crippen molar-refractivity contribution in [3.8, 4) is 0 Å². The number of hydrogen-bond donors (Lipinski definition) is 2. The normalized spacial score (nSPS) is 30.4. The summed E-state index contributed by atoms with van der Waals surface area (Å²) in [5, 5.41) is 3.58. The molecule has 3 heterocycles. The van der Waals surface area contributed by atoms with Gasteiger partial charge in [-0.15, -0.1) is 0 Å². The Morgan fingerprint density at radius 3 is 3.21 bits per heavy atom. The van der Waals surface area contributed by atoms with Crippen molar-refractivity contribution in [1.82, 2.24) is 19.9 Å². The zero-order valence-corrected chi connectivity index (χ0v) is 10.7. The van der Waals surface area contributed by atoms with E-state index in [0.29, 0.717) is 23.7 Å². The minimum atomic E-state index is 0.436. The monoisotopic (exact) mass is 259 g/mol. The molecule has 2 aliphatic rings. The van der Waals surface area contributed by atoms with Crippen LogP contribution in [0.25, 0.3) is 11.2 Å². The van der Waals surface area contributed by atoms with E-state index in [4.69, 9.17) is 4.74 Å². The van der Waals surface area contributed by atoms with Gasteiger partial charge in [0.05, 0.1) is 12.4 Å². The van der Waals surface area contributed by atoms with Crippen LogP contribution < -0.4 is 5.32 Å². The molecule has 0 bridgehead atoms. The number of rotatable bonds is 2. The molecule has 2 fully saturated rings. The summed E-state index contributed by atoms with van der Waals surface area (Å²) >= 11 is 0. The lowest BCUT2D eigenvalue weighted by atomic mass is 9.82. The van der Waals surface area contributed by atoms with Crippen LogP contribution in [0, 0.1) is 5.92 Å². The fraction of sp³-hybridized carbons (Fsp3) is 0.615. The average Bonchev–Trinajstić information content (AvgIpc) is 3.08. The summed E-state index contributed by atoms with van der Waals surface area (Å²) in [7, 11) is 0. The summed E-state index contributed by atoms with van der Waals surface area (Å²) in [6.45, 7) is 0.900. The Bertz CT molecular complexity index is 583. The SMILES string of the molecule is c1nc(NC2CCCC3OCCC23)c2[nH]cnc2n1. The molecule has 3 unspecified atom stereocenters. The second-order valence-corrected chi connectivity index (χ2v) is 5.37. The molecule has 1 aliphatic heterocycles. The molecule has 0 radical (unpaired) electrons. The van der Waals surface area contributed by atoms with Crippen LogP contribution in [0.4, 0.5) is 5.82 Å². The van der Waals surface area contributed by atoms with Crippen LogP contribution >= 0.6 is 0 Å². The van der Waals surface area contributed by atoms with E-state index in [0.717, 1.165) is 24.4 Å². The third-order valence-corrected chi connectivity index (χ3v) is 4.33. The molecule has 100 valence electrons. The molecule has 0 amide bonds. The van der Waals surface area contributed by atoms with Crippen LogP contribution in [0.15, 0.2) is 12.7 Å². The molecule has 0 aromatic carbocycles. The highest BCUT2D eigenvalue weighted by molar-refractivity contribution is 5.82. The lowest BCUT2D eigenvalue weighted by Gasteiger charge is -2.33. The zero-order valence-electron chi connectivity index (χ0n) is 10.7. The molecule has 6 heteroatoms. The van der Waals surface area contributed by atoms with E-state index in [1.54, 1.807) is 12.7 Å². The number of fused-ring (bicyclic) bond motifs is 2. The smallest absolute Gasteiger partial charge is 0.182 e. The molecule has 6 nitrogen and oxygen atoms in total. The van der Waals surface area contributed by atoms with Crippen molar-refractivity contribution in [2.75, 3.05) is 11.9 Å². The van der Waals surface area contributed by atoms with Gasteiger partial charge in [0.15, 0.2) is 11.5 Å². The number of nitrogens with one attached hydrogen (secondary N) is 2. The van der Waals surface area contributed by atoms with E-state index in [1.165, 1.54) is 19.3 Å². The predicted molar refractivity (Wildman–Crippen MR) is 70.8 cm³/mol. The molecule has 19 heavy (non-hydrogen) atoms. The third kappa shape index (κ3) is 1.87. The Kier molecular flexibility index (Phi) is 2.61. The summed E-state index contributed by atoms with van der Waals surface area (Å²) in [6, 6.07) is 0.447. The highest BCUT2D eigenvalue weighted by Crippen LogP contribution is 2.36. The fourth-order valence-electron chi connectivity index (χ4n) is 3.41. The van der Waals surface area contributed by atoms with Crippen molar-refractivity contribution in [1.29, 1.82) is 0 Å². The van der Waals surface area contributed by atoms with Crippen LogP contribution in [-0.2, 0) is 4.74 Å². The lowest BCUT2D eigenvalue weighted by Crippen LogP contribution is -2.38. The molecule has 1 aliphatic carbocycles. The number of anilines is 1. The van der Waals surface area contributed by atoms with Crippen LogP contribution in [0.1, 0.15) is 25.7 Å². The van der Waals surface area contributed by atoms with E-state index >= 15 is 0 Å². The van der Waals surface area contributed by atoms with Gasteiger partial charge in [0.1, 0.15) is 11.8 Å². The standard InChI is InChI=1S/C13H17N5O/c1-2-9(8-4-5-19-10(8)3-1)18-13-11-12(15-6-14-11)16-7-17-13/h6-10H,1-5H2,(H2,14,15,16,17,18). The summed E-state index contributed by atoms with van der Waals surface area (Å²) in [4.78, 5) is 15.8. The van der Waals surface area contributed by atoms with Gasteiger partial charge in [0, 0.05) is 18.6 Å². The maximum absolute atomic E-state index is 5.80. The molecular formula is C13H17N5O. The molecule has 3 atom stereocenters. The highest BCUT2D eigenvalue weighted by atomic mass is 16.5. The average molecular weight is 259 g/mol. The van der Waals surface area contributed by atoms with Crippen LogP contribution in [0.3, 0.4) is 0 Å². The first-order valence-corrected chi connectivity index (χ1v) is 6.94. The first kappa shape index (κ1) is 11.2. The third-order valence-electron chi connectivity index (χ3n) is 4.33. The Morgan fingerprint density at radius 2 is 2.21 bits per heavy atom. The van der Waals surface area contributed by atoms with Gasteiger partial charge in [0.25, 0.3) is 0 Å². The van der Waals surface area contributed by atoms with Crippen molar-refractivity contribution < 1.29 is 4.74 Å². The first-order valence-electron chi connectivity index (χ1n) is 6.94. The molecular weight excluding hydrogens is 242 g/mol. The van der Waals surface area contributed by atoms with E-state index in [9.17, 15) is 0 Å². The van der Waals surface area contributed by atoms with Gasteiger partial charge in [-0.25, -0.2) is 15.0 Å². The van der Waals surface area contributed by atoms with Crippen molar-refractivity contribution in [2.24, 2.45) is 5.92 Å².